The van der Waals surface area contributed by atoms with Gasteiger partial charge in [-0.3, -0.25) is 4.79 Å². The fourth-order valence-electron chi connectivity index (χ4n) is 3.57. The summed E-state index contributed by atoms with van der Waals surface area (Å²) in [4.78, 5) is 25.3. The number of hydrogen-bond donors (Lipinski definition) is 2. The molecule has 1 fully saturated rings. The average molecular weight is 346 g/mol. The SMILES string of the molecule is COC(=O)Cc1c(C)c2ccc(O)c(C[NH+]3CCCCC3)c2oc1=O. The van der Waals surface area contributed by atoms with Crippen LogP contribution in [0, 0.1) is 6.92 Å². The van der Waals surface area contributed by atoms with Gasteiger partial charge in [0.2, 0.25) is 0 Å². The first-order valence-corrected chi connectivity index (χ1v) is 8.68. The highest BCUT2D eigenvalue weighted by Gasteiger charge is 2.22. The van der Waals surface area contributed by atoms with Crippen LogP contribution in [0.25, 0.3) is 11.0 Å². The summed E-state index contributed by atoms with van der Waals surface area (Å²) < 4.78 is 10.2. The van der Waals surface area contributed by atoms with Crippen molar-refractivity contribution in [1.29, 1.82) is 0 Å². The van der Waals surface area contributed by atoms with E-state index < -0.39 is 11.6 Å². The number of phenols is 1. The Balaban J connectivity index is 2.07. The lowest BCUT2D eigenvalue weighted by Gasteiger charge is -2.24. The molecule has 0 atom stereocenters. The molecule has 0 radical (unpaired) electrons. The third-order valence-corrected chi connectivity index (χ3v) is 5.07. The molecular formula is C19H24NO5+. The van der Waals surface area contributed by atoms with E-state index in [0.29, 0.717) is 28.8 Å². The minimum absolute atomic E-state index is 0.117. The number of likely N-dealkylation sites (tertiary alicyclic amines) is 1. The first kappa shape index (κ1) is 17.5. The van der Waals surface area contributed by atoms with Crippen LogP contribution in [0.3, 0.4) is 0 Å². The van der Waals surface area contributed by atoms with Crippen LogP contribution >= 0.6 is 0 Å². The van der Waals surface area contributed by atoms with Gasteiger partial charge in [-0.25, -0.2) is 4.79 Å². The lowest BCUT2D eigenvalue weighted by atomic mass is 10.00. The van der Waals surface area contributed by atoms with Crippen LogP contribution in [-0.4, -0.2) is 31.3 Å². The number of hydrogen-bond acceptors (Lipinski definition) is 5. The van der Waals surface area contributed by atoms with Gasteiger partial charge in [0, 0.05) is 5.39 Å². The summed E-state index contributed by atoms with van der Waals surface area (Å²) in [6, 6.07) is 3.37. The third kappa shape index (κ3) is 3.54. The molecule has 0 aliphatic carbocycles. The number of aryl methyl sites for hydroxylation is 1. The maximum atomic E-state index is 12.4. The van der Waals surface area contributed by atoms with Crippen LogP contribution in [0.2, 0.25) is 0 Å². The van der Waals surface area contributed by atoms with Crippen LogP contribution < -0.4 is 10.5 Å². The summed E-state index contributed by atoms with van der Waals surface area (Å²) in [5.74, 6) is -0.333. The second kappa shape index (κ2) is 7.27. The van der Waals surface area contributed by atoms with E-state index in [0.717, 1.165) is 18.5 Å². The van der Waals surface area contributed by atoms with Crippen molar-refractivity contribution >= 4 is 16.9 Å². The number of fused-ring (bicyclic) bond motifs is 1. The summed E-state index contributed by atoms with van der Waals surface area (Å²) in [7, 11) is 1.29. The van der Waals surface area contributed by atoms with Gasteiger partial charge in [-0.2, -0.15) is 0 Å². The molecule has 0 unspecified atom stereocenters. The van der Waals surface area contributed by atoms with Crippen LogP contribution in [-0.2, 0) is 22.5 Å². The summed E-state index contributed by atoms with van der Waals surface area (Å²) in [6.07, 6.45) is 3.48. The molecule has 3 rings (SSSR count). The molecule has 2 heterocycles. The zero-order valence-corrected chi connectivity index (χ0v) is 14.7. The largest absolute Gasteiger partial charge is 0.507 e. The summed E-state index contributed by atoms with van der Waals surface area (Å²) in [6.45, 7) is 4.53. The number of piperidine rings is 1. The molecule has 1 aliphatic heterocycles. The zero-order valence-electron chi connectivity index (χ0n) is 14.7. The fourth-order valence-corrected chi connectivity index (χ4v) is 3.57. The predicted molar refractivity (Wildman–Crippen MR) is 92.9 cm³/mol. The molecule has 134 valence electrons. The molecule has 1 aromatic carbocycles. The van der Waals surface area contributed by atoms with Gasteiger partial charge in [0.05, 0.1) is 37.7 Å². The topological polar surface area (TPSA) is 81.2 Å². The van der Waals surface area contributed by atoms with E-state index in [1.54, 1.807) is 19.1 Å². The Labute approximate surface area is 146 Å². The number of benzene rings is 1. The minimum atomic E-state index is -0.545. The smallest absolute Gasteiger partial charge is 0.340 e. The highest BCUT2D eigenvalue weighted by molar-refractivity contribution is 5.86. The van der Waals surface area contributed by atoms with E-state index in [2.05, 4.69) is 4.74 Å². The number of methoxy groups -OCH3 is 1. The standard InChI is InChI=1S/C19H23NO5/c1-12-13-6-7-16(21)15(11-20-8-4-3-5-9-20)18(13)25-19(23)14(12)10-17(22)24-2/h6-7,21H,3-5,8-11H2,1-2H3/p+1. The van der Waals surface area contributed by atoms with Crippen molar-refractivity contribution in [2.75, 3.05) is 20.2 Å². The van der Waals surface area contributed by atoms with Crippen LogP contribution in [0.15, 0.2) is 21.3 Å². The molecule has 0 bridgehead atoms. The molecule has 2 aromatic rings. The first-order chi connectivity index (χ1) is 12.0. The number of esters is 1. The van der Waals surface area contributed by atoms with Crippen molar-refractivity contribution in [2.45, 2.75) is 39.2 Å². The van der Waals surface area contributed by atoms with Gasteiger partial charge in [0.15, 0.2) is 5.58 Å². The Kier molecular flexibility index (Phi) is 5.08. The predicted octanol–water partition coefficient (Wildman–Crippen LogP) is 1.09. The number of aromatic hydroxyl groups is 1. The Bertz CT molecular complexity index is 849. The maximum Gasteiger partial charge on any atom is 0.340 e. The number of carbonyl (C=O) groups excluding carboxylic acids is 1. The van der Waals surface area contributed by atoms with Gasteiger partial charge in [-0.15, -0.1) is 0 Å². The minimum Gasteiger partial charge on any atom is -0.507 e. The molecular weight excluding hydrogens is 322 g/mol. The van der Waals surface area contributed by atoms with Crippen molar-refractivity contribution in [2.24, 2.45) is 0 Å². The van der Waals surface area contributed by atoms with Crippen molar-refractivity contribution in [3.63, 3.8) is 0 Å². The number of nitrogens with one attached hydrogen (secondary N) is 1. The molecule has 0 amide bonds. The van der Waals surface area contributed by atoms with Crippen LogP contribution in [0.1, 0.15) is 36.0 Å². The van der Waals surface area contributed by atoms with Crippen molar-refractivity contribution in [1.82, 2.24) is 0 Å². The summed E-state index contributed by atoms with van der Waals surface area (Å²) in [5.41, 5.74) is 1.55. The zero-order chi connectivity index (χ0) is 18.0. The van der Waals surface area contributed by atoms with Crippen LogP contribution in [0.4, 0.5) is 0 Å². The summed E-state index contributed by atoms with van der Waals surface area (Å²) >= 11 is 0. The monoisotopic (exact) mass is 346 g/mol. The molecule has 0 saturated carbocycles. The molecule has 1 saturated heterocycles. The Hall–Kier alpha value is -2.34. The highest BCUT2D eigenvalue weighted by atomic mass is 16.5. The molecule has 6 nitrogen and oxygen atoms in total. The van der Waals surface area contributed by atoms with Gasteiger partial charge in [0.1, 0.15) is 12.3 Å². The Morgan fingerprint density at radius 2 is 1.96 bits per heavy atom. The fraction of sp³-hybridized carbons (Fsp3) is 0.474. The summed E-state index contributed by atoms with van der Waals surface area (Å²) in [5, 5.41) is 11.1. The first-order valence-electron chi connectivity index (χ1n) is 8.68. The number of rotatable bonds is 4. The van der Waals surface area contributed by atoms with E-state index in [1.807, 2.05) is 0 Å². The van der Waals surface area contributed by atoms with Gasteiger partial charge < -0.3 is 19.2 Å². The quantitative estimate of drug-likeness (QED) is 0.640. The van der Waals surface area contributed by atoms with E-state index in [4.69, 9.17) is 4.42 Å². The molecule has 1 aromatic heterocycles. The van der Waals surface area contributed by atoms with Gasteiger partial charge >= 0.3 is 11.6 Å². The third-order valence-electron chi connectivity index (χ3n) is 5.07. The molecule has 6 heteroatoms. The molecule has 1 aliphatic rings. The van der Waals surface area contributed by atoms with E-state index >= 15 is 0 Å². The second-order valence-corrected chi connectivity index (χ2v) is 6.67. The van der Waals surface area contributed by atoms with Gasteiger partial charge in [-0.1, -0.05) is 0 Å². The number of ether oxygens (including phenoxy) is 1. The van der Waals surface area contributed by atoms with Gasteiger partial charge in [-0.05, 0) is 43.9 Å². The van der Waals surface area contributed by atoms with E-state index in [9.17, 15) is 14.7 Å². The Morgan fingerprint density at radius 3 is 2.64 bits per heavy atom. The lowest BCUT2D eigenvalue weighted by Crippen LogP contribution is -3.11. The van der Waals surface area contributed by atoms with Crippen molar-refractivity contribution < 1.29 is 24.0 Å². The maximum absolute atomic E-state index is 12.4. The van der Waals surface area contributed by atoms with Gasteiger partial charge in [0.25, 0.3) is 0 Å². The molecule has 25 heavy (non-hydrogen) atoms. The average Bonchev–Trinajstić information content (AvgIpc) is 2.62. The normalized spacial score (nSPS) is 15.4. The second-order valence-electron chi connectivity index (χ2n) is 6.67. The number of quaternary nitrogens is 1. The number of phenolic OH excluding ortho intramolecular Hbond substituents is 1. The van der Waals surface area contributed by atoms with E-state index in [1.165, 1.54) is 31.3 Å². The van der Waals surface area contributed by atoms with Crippen molar-refractivity contribution in [3.05, 3.63) is 39.2 Å². The molecule has 0 spiro atoms. The molecule has 2 N–H and O–H groups in total. The van der Waals surface area contributed by atoms with E-state index in [-0.39, 0.29) is 12.2 Å². The lowest BCUT2D eigenvalue weighted by molar-refractivity contribution is -0.918. The Morgan fingerprint density at radius 1 is 1.24 bits per heavy atom. The van der Waals surface area contributed by atoms with Crippen molar-refractivity contribution in [3.8, 4) is 5.75 Å². The van der Waals surface area contributed by atoms with Crippen LogP contribution in [0.5, 0.6) is 5.75 Å². The number of carbonyl (C=O) groups is 1. The highest BCUT2D eigenvalue weighted by Crippen LogP contribution is 2.29.